The van der Waals surface area contributed by atoms with Crippen LogP contribution in [0.4, 0.5) is 0 Å². The number of benzene rings is 1. The van der Waals surface area contributed by atoms with Crippen molar-refractivity contribution in [3.8, 4) is 0 Å². The van der Waals surface area contributed by atoms with Crippen LogP contribution in [-0.4, -0.2) is 24.6 Å². The summed E-state index contributed by atoms with van der Waals surface area (Å²) in [5.41, 5.74) is 1.14. The van der Waals surface area contributed by atoms with E-state index in [2.05, 4.69) is 0 Å². The van der Waals surface area contributed by atoms with Crippen LogP contribution in [0.1, 0.15) is 18.9 Å². The van der Waals surface area contributed by atoms with Crippen LogP contribution < -0.4 is 0 Å². The highest BCUT2D eigenvalue weighted by atomic mass is 16.5. The van der Waals surface area contributed by atoms with Gasteiger partial charge in [0.15, 0.2) is 5.78 Å². The van der Waals surface area contributed by atoms with Gasteiger partial charge in [-0.2, -0.15) is 0 Å². The van der Waals surface area contributed by atoms with Gasteiger partial charge < -0.3 is 9.47 Å². The largest absolute Gasteiger partial charge is 0.374 e. The highest BCUT2D eigenvalue weighted by molar-refractivity contribution is 5.84. The number of hydrogen-bond donors (Lipinski definition) is 0. The Morgan fingerprint density at radius 3 is 2.75 bits per heavy atom. The third kappa shape index (κ3) is 2.90. The molecule has 1 aromatic carbocycles. The molecule has 86 valence electrons. The summed E-state index contributed by atoms with van der Waals surface area (Å²) in [6.07, 6.45) is 0.159. The van der Waals surface area contributed by atoms with Crippen molar-refractivity contribution in [3.05, 3.63) is 35.9 Å². The lowest BCUT2D eigenvalue weighted by atomic mass is 10.2. The summed E-state index contributed by atoms with van der Waals surface area (Å²) in [6, 6.07) is 9.98. The maximum Gasteiger partial charge on any atom is 0.163 e. The molecule has 0 amide bonds. The number of ether oxygens (including phenoxy) is 2. The molecule has 2 atom stereocenters. The maximum absolute atomic E-state index is 11.2. The van der Waals surface area contributed by atoms with Crippen LogP contribution in [0.3, 0.4) is 0 Å². The Balaban J connectivity index is 1.71. The molecule has 1 saturated heterocycles. The molecule has 1 aliphatic heterocycles. The smallest absolute Gasteiger partial charge is 0.163 e. The Morgan fingerprint density at radius 1 is 1.38 bits per heavy atom. The first kappa shape index (κ1) is 11.3. The van der Waals surface area contributed by atoms with Crippen molar-refractivity contribution in [2.75, 3.05) is 6.61 Å². The first-order chi connectivity index (χ1) is 7.75. The van der Waals surface area contributed by atoms with Gasteiger partial charge in [-0.3, -0.25) is 4.79 Å². The number of hydrogen-bond acceptors (Lipinski definition) is 3. The fourth-order valence-corrected chi connectivity index (χ4v) is 1.78. The van der Waals surface area contributed by atoms with Gasteiger partial charge in [-0.1, -0.05) is 30.3 Å². The molecule has 0 bridgehead atoms. The minimum absolute atomic E-state index is 0.0637. The van der Waals surface area contributed by atoms with Crippen LogP contribution in [0.2, 0.25) is 0 Å². The van der Waals surface area contributed by atoms with Crippen molar-refractivity contribution < 1.29 is 14.3 Å². The Labute approximate surface area is 95.4 Å². The molecule has 0 spiro atoms. The minimum Gasteiger partial charge on any atom is -0.374 e. The van der Waals surface area contributed by atoms with Gasteiger partial charge in [0.05, 0.1) is 19.3 Å². The minimum atomic E-state index is -0.259. The number of carbonyl (C=O) groups is 1. The molecular formula is C13H16O3. The van der Waals surface area contributed by atoms with E-state index in [0.717, 1.165) is 5.56 Å². The molecular weight excluding hydrogens is 204 g/mol. The Bertz CT molecular complexity index is 347. The molecule has 1 aromatic rings. The molecule has 0 aromatic heterocycles. The predicted octanol–water partition coefficient (Wildman–Crippen LogP) is 1.95. The molecule has 0 unspecified atom stereocenters. The van der Waals surface area contributed by atoms with Crippen molar-refractivity contribution in [1.29, 1.82) is 0 Å². The van der Waals surface area contributed by atoms with Gasteiger partial charge in [-0.05, 0) is 12.5 Å². The summed E-state index contributed by atoms with van der Waals surface area (Å²) in [6.45, 7) is 2.85. The lowest BCUT2D eigenvalue weighted by Gasteiger charge is -2.10. The second-order valence-corrected chi connectivity index (χ2v) is 4.07. The van der Waals surface area contributed by atoms with Gasteiger partial charge in [0.25, 0.3) is 0 Å². The lowest BCUT2D eigenvalue weighted by molar-refractivity contribution is -0.121. The molecule has 0 radical (unpaired) electrons. The fraction of sp³-hybridized carbons (Fsp3) is 0.462. The van der Waals surface area contributed by atoms with E-state index in [4.69, 9.17) is 9.47 Å². The van der Waals surface area contributed by atoms with Crippen LogP contribution >= 0.6 is 0 Å². The van der Waals surface area contributed by atoms with E-state index in [-0.39, 0.29) is 18.0 Å². The van der Waals surface area contributed by atoms with Crippen LogP contribution in [0.5, 0.6) is 0 Å². The number of rotatable bonds is 4. The standard InChI is InChI=1S/C13H16O3/c1-10-13(14)7-12(16-10)9-15-8-11-5-3-2-4-6-11/h2-6,10,12H,7-9H2,1H3/t10-,12-/m1/s1. The van der Waals surface area contributed by atoms with Crippen molar-refractivity contribution in [1.82, 2.24) is 0 Å². The molecule has 1 aliphatic rings. The zero-order valence-corrected chi connectivity index (χ0v) is 9.39. The highest BCUT2D eigenvalue weighted by Crippen LogP contribution is 2.16. The highest BCUT2D eigenvalue weighted by Gasteiger charge is 2.29. The normalized spacial score (nSPS) is 24.9. The zero-order valence-electron chi connectivity index (χ0n) is 9.39. The van der Waals surface area contributed by atoms with E-state index in [0.29, 0.717) is 19.6 Å². The molecule has 1 heterocycles. The molecule has 1 fully saturated rings. The molecule has 0 saturated carbocycles. The summed E-state index contributed by atoms with van der Waals surface area (Å²) >= 11 is 0. The van der Waals surface area contributed by atoms with E-state index >= 15 is 0 Å². The summed E-state index contributed by atoms with van der Waals surface area (Å²) in [7, 11) is 0. The van der Waals surface area contributed by atoms with Gasteiger partial charge in [0.1, 0.15) is 6.10 Å². The Hall–Kier alpha value is -1.19. The van der Waals surface area contributed by atoms with Gasteiger partial charge >= 0.3 is 0 Å². The van der Waals surface area contributed by atoms with Gasteiger partial charge in [0.2, 0.25) is 0 Å². The molecule has 0 N–H and O–H groups in total. The summed E-state index contributed by atoms with van der Waals surface area (Å²) in [4.78, 5) is 11.2. The Kier molecular flexibility index (Phi) is 3.70. The molecule has 3 heteroatoms. The monoisotopic (exact) mass is 220 g/mol. The average Bonchev–Trinajstić information content (AvgIpc) is 2.60. The third-order valence-corrected chi connectivity index (χ3v) is 2.69. The summed E-state index contributed by atoms with van der Waals surface area (Å²) < 4.78 is 11.0. The van der Waals surface area contributed by atoms with Crippen LogP contribution in [0, 0.1) is 0 Å². The average molecular weight is 220 g/mol. The Morgan fingerprint density at radius 2 is 2.12 bits per heavy atom. The SMILES string of the molecule is C[C@H]1O[C@@H](COCc2ccccc2)CC1=O. The lowest BCUT2D eigenvalue weighted by Crippen LogP contribution is -2.15. The molecule has 0 aliphatic carbocycles. The van der Waals surface area contributed by atoms with Gasteiger partial charge in [-0.15, -0.1) is 0 Å². The van der Waals surface area contributed by atoms with E-state index in [1.54, 1.807) is 6.92 Å². The topological polar surface area (TPSA) is 35.5 Å². The molecule has 3 nitrogen and oxygen atoms in total. The second kappa shape index (κ2) is 5.23. The van der Waals surface area contributed by atoms with E-state index in [1.165, 1.54) is 0 Å². The van der Waals surface area contributed by atoms with E-state index < -0.39 is 0 Å². The number of ketones is 1. The number of Topliss-reactive ketones (excluding diaryl/α,β-unsaturated/α-hetero) is 1. The second-order valence-electron chi connectivity index (χ2n) is 4.07. The van der Waals surface area contributed by atoms with E-state index in [1.807, 2.05) is 30.3 Å². The van der Waals surface area contributed by atoms with Crippen molar-refractivity contribution in [3.63, 3.8) is 0 Å². The fourth-order valence-electron chi connectivity index (χ4n) is 1.78. The van der Waals surface area contributed by atoms with Crippen molar-refractivity contribution in [2.24, 2.45) is 0 Å². The third-order valence-electron chi connectivity index (χ3n) is 2.69. The van der Waals surface area contributed by atoms with Crippen molar-refractivity contribution in [2.45, 2.75) is 32.2 Å². The van der Waals surface area contributed by atoms with E-state index in [9.17, 15) is 4.79 Å². The van der Waals surface area contributed by atoms with Crippen molar-refractivity contribution >= 4 is 5.78 Å². The first-order valence-electron chi connectivity index (χ1n) is 5.55. The maximum atomic E-state index is 11.2. The molecule has 16 heavy (non-hydrogen) atoms. The zero-order chi connectivity index (χ0) is 11.4. The van der Waals surface area contributed by atoms with Gasteiger partial charge in [-0.25, -0.2) is 0 Å². The van der Waals surface area contributed by atoms with Crippen LogP contribution in [-0.2, 0) is 20.9 Å². The summed E-state index contributed by atoms with van der Waals surface area (Å²) in [5.74, 6) is 0.174. The van der Waals surface area contributed by atoms with Crippen LogP contribution in [0.15, 0.2) is 30.3 Å². The number of carbonyl (C=O) groups excluding carboxylic acids is 1. The first-order valence-corrected chi connectivity index (χ1v) is 5.55. The molecule has 2 rings (SSSR count). The quantitative estimate of drug-likeness (QED) is 0.778. The predicted molar refractivity (Wildman–Crippen MR) is 60.1 cm³/mol. The summed E-state index contributed by atoms with van der Waals surface area (Å²) in [5, 5.41) is 0. The van der Waals surface area contributed by atoms with Gasteiger partial charge in [0, 0.05) is 6.42 Å². The van der Waals surface area contributed by atoms with Crippen LogP contribution in [0.25, 0.3) is 0 Å².